The third kappa shape index (κ3) is 3.83. The normalized spacial score (nSPS) is 20.2. The second kappa shape index (κ2) is 9.83. The van der Waals surface area contributed by atoms with Gasteiger partial charge in [0.1, 0.15) is 0 Å². The minimum atomic E-state index is -4.19. The van der Waals surface area contributed by atoms with Crippen molar-refractivity contribution in [1.29, 1.82) is 0 Å². The van der Waals surface area contributed by atoms with E-state index in [-0.39, 0.29) is 11.8 Å². The van der Waals surface area contributed by atoms with Gasteiger partial charge >= 0.3 is 252 Å². The molecule has 0 amide bonds. The van der Waals surface area contributed by atoms with Crippen molar-refractivity contribution in [2.45, 2.75) is 21.6 Å². The van der Waals surface area contributed by atoms with E-state index in [1.807, 2.05) is 14.2 Å². The van der Waals surface area contributed by atoms with E-state index in [1.54, 1.807) is 11.8 Å². The number of rotatable bonds is 4. The first-order valence-electron chi connectivity index (χ1n) is 12.5. The van der Waals surface area contributed by atoms with Crippen LogP contribution in [0.15, 0.2) is 110 Å². The molecule has 1 aliphatic heterocycles. The van der Waals surface area contributed by atoms with Crippen molar-refractivity contribution in [2.24, 2.45) is 0 Å². The molecular weight excluding hydrogens is 699 g/mol. The standard InChI is InChI=1S/C30H18Br2S.2CH3O.Zr/c31-27-17-23(15-21-11-13-25(29(21)27)19-7-3-1-4-8-19)33-24-16-22-12-14-26(30(22)28(32)18-24)20-9-5-2-6-10-20;2*1-2;/h1-12,15-18,25-26H;2*1H3;/q;2*-1;+2. The number of fused-ring (bicyclic) bond motifs is 2. The van der Waals surface area contributed by atoms with E-state index in [0.717, 1.165) is 8.95 Å². The molecule has 38 heavy (non-hydrogen) atoms. The summed E-state index contributed by atoms with van der Waals surface area (Å²) in [6.45, 7) is 0. The molecule has 0 aromatic heterocycles. The first kappa shape index (κ1) is 25.4. The first-order chi connectivity index (χ1) is 18.5. The van der Waals surface area contributed by atoms with Crippen LogP contribution in [0.4, 0.5) is 0 Å². The van der Waals surface area contributed by atoms with Gasteiger partial charge in [0.15, 0.2) is 0 Å². The van der Waals surface area contributed by atoms with Crippen LogP contribution < -0.4 is 0 Å². The van der Waals surface area contributed by atoms with Gasteiger partial charge in [-0.3, -0.25) is 0 Å². The van der Waals surface area contributed by atoms with Gasteiger partial charge in [0.2, 0.25) is 0 Å². The van der Waals surface area contributed by atoms with Gasteiger partial charge in [-0.05, 0) is 0 Å². The van der Waals surface area contributed by atoms with E-state index >= 15 is 0 Å². The van der Waals surface area contributed by atoms with E-state index in [1.165, 1.54) is 49.7 Å². The van der Waals surface area contributed by atoms with Crippen LogP contribution in [0.3, 0.4) is 0 Å². The van der Waals surface area contributed by atoms with Crippen LogP contribution in [0.5, 0.6) is 0 Å². The fourth-order valence-corrected chi connectivity index (χ4v) is 17.8. The molecule has 0 fully saturated rings. The number of hydrogen-bond acceptors (Lipinski definition) is 3. The summed E-state index contributed by atoms with van der Waals surface area (Å²) in [6, 6.07) is 30.8. The van der Waals surface area contributed by atoms with Crippen molar-refractivity contribution in [3.05, 3.63) is 134 Å². The third-order valence-electron chi connectivity index (χ3n) is 7.93. The summed E-state index contributed by atoms with van der Waals surface area (Å²) in [6.07, 6.45) is 4.77. The Morgan fingerprint density at radius 1 is 0.632 bits per heavy atom. The Bertz CT molecular complexity index is 1530. The minimum absolute atomic E-state index is 0.0651. The average molecular weight is 724 g/mol. The molecule has 6 bridgehead atoms. The molecular formula is C32H24Br2O2SZr. The number of benzene rings is 4. The van der Waals surface area contributed by atoms with Gasteiger partial charge in [-0.1, -0.05) is 0 Å². The molecule has 0 N–H and O–H groups in total. The molecule has 2 nitrogen and oxygen atoms in total. The monoisotopic (exact) mass is 720 g/mol. The molecule has 4 aromatic rings. The van der Waals surface area contributed by atoms with Crippen LogP contribution in [-0.2, 0) is 26.8 Å². The molecule has 7 rings (SSSR count). The van der Waals surface area contributed by atoms with Crippen molar-refractivity contribution in [3.8, 4) is 0 Å². The van der Waals surface area contributed by atoms with Crippen LogP contribution in [0.1, 0.15) is 45.2 Å². The average Bonchev–Trinajstić information content (AvgIpc) is 3.51. The Morgan fingerprint density at radius 2 is 1.05 bits per heavy atom. The van der Waals surface area contributed by atoms with Gasteiger partial charge in [0.25, 0.3) is 0 Å². The predicted molar refractivity (Wildman–Crippen MR) is 159 cm³/mol. The van der Waals surface area contributed by atoms with Crippen LogP contribution in [0, 0.1) is 0 Å². The zero-order chi connectivity index (χ0) is 26.0. The fourth-order valence-electron chi connectivity index (χ4n) is 6.42. The molecule has 4 aromatic carbocycles. The first-order valence-corrected chi connectivity index (χ1v) is 19.4. The summed E-state index contributed by atoms with van der Waals surface area (Å²) in [5, 5.41) is 0. The van der Waals surface area contributed by atoms with Gasteiger partial charge in [-0.25, -0.2) is 0 Å². The maximum atomic E-state index is 6.76. The van der Waals surface area contributed by atoms with E-state index in [0.29, 0.717) is 0 Å². The zero-order valence-electron chi connectivity index (χ0n) is 20.9. The van der Waals surface area contributed by atoms with E-state index in [9.17, 15) is 0 Å². The summed E-state index contributed by atoms with van der Waals surface area (Å²) in [4.78, 5) is 2.43. The summed E-state index contributed by atoms with van der Waals surface area (Å²) in [5.41, 5.74) is 7.61. The summed E-state index contributed by atoms with van der Waals surface area (Å²) in [7, 11) is 3.72. The van der Waals surface area contributed by atoms with Crippen LogP contribution >= 0.6 is 43.6 Å². The molecule has 1 heterocycles. The Labute approximate surface area is 250 Å². The molecule has 188 valence electrons. The Morgan fingerprint density at radius 3 is 1.45 bits per heavy atom. The molecule has 0 saturated heterocycles. The number of allylic oxidation sites excluding steroid dienone is 2. The van der Waals surface area contributed by atoms with Crippen molar-refractivity contribution in [3.63, 3.8) is 0 Å². The molecule has 2 atom stereocenters. The predicted octanol–water partition coefficient (Wildman–Crippen LogP) is 9.63. The molecule has 0 spiro atoms. The van der Waals surface area contributed by atoms with Crippen LogP contribution in [0.2, 0.25) is 0 Å². The Kier molecular flexibility index (Phi) is 6.58. The topological polar surface area (TPSA) is 18.5 Å². The molecule has 2 unspecified atom stereocenters. The summed E-state index contributed by atoms with van der Waals surface area (Å²) < 4.78 is 18.4. The van der Waals surface area contributed by atoms with Gasteiger partial charge < -0.3 is 0 Å². The third-order valence-corrected chi connectivity index (χ3v) is 18.9. The van der Waals surface area contributed by atoms with Crippen molar-refractivity contribution >= 4 is 55.8 Å². The molecule has 0 radical (unpaired) electrons. The van der Waals surface area contributed by atoms with Gasteiger partial charge in [-0.15, -0.1) is 0 Å². The summed E-state index contributed by atoms with van der Waals surface area (Å²) in [5.74, 6) is 0.130. The van der Waals surface area contributed by atoms with Crippen molar-refractivity contribution in [1.82, 2.24) is 0 Å². The van der Waals surface area contributed by atoms with E-state index < -0.39 is 21.1 Å². The Balaban J connectivity index is 1.57. The SMILES string of the molecule is C[O][Zr]1([O]C)[C]2=Cc3cc(cc(Br)c3C2c2ccccc2)Sc2cc(Br)c3c(c2)C=[C]1C3c1ccccc1. The van der Waals surface area contributed by atoms with Crippen molar-refractivity contribution in [2.75, 3.05) is 14.2 Å². The number of hydrogen-bond donors (Lipinski definition) is 0. The number of halogens is 2. The fraction of sp³-hybridized carbons (Fsp3) is 0.125. The van der Waals surface area contributed by atoms with E-state index in [2.05, 4.69) is 129 Å². The van der Waals surface area contributed by atoms with Crippen LogP contribution in [0.25, 0.3) is 12.2 Å². The van der Waals surface area contributed by atoms with Crippen molar-refractivity contribution < 1.29 is 26.8 Å². The second-order valence-corrected chi connectivity index (χ2v) is 20.6. The van der Waals surface area contributed by atoms with Gasteiger partial charge in [-0.2, -0.15) is 0 Å². The molecule has 2 aliphatic carbocycles. The Hall–Kier alpha value is -1.53. The maximum absolute atomic E-state index is 6.76. The van der Waals surface area contributed by atoms with Gasteiger partial charge in [0.05, 0.1) is 0 Å². The quantitative estimate of drug-likeness (QED) is 0.209. The molecule has 0 saturated carbocycles. The molecule has 6 heteroatoms. The zero-order valence-corrected chi connectivity index (χ0v) is 27.3. The summed E-state index contributed by atoms with van der Waals surface area (Å²) >= 11 is 5.59. The van der Waals surface area contributed by atoms with E-state index in [4.69, 9.17) is 5.63 Å². The van der Waals surface area contributed by atoms with Gasteiger partial charge in [0, 0.05) is 0 Å². The second-order valence-electron chi connectivity index (χ2n) is 9.83. The molecule has 3 aliphatic rings. The van der Waals surface area contributed by atoms with Crippen LogP contribution in [-0.4, -0.2) is 14.2 Å².